The molecule has 3 nitrogen and oxygen atoms in total. The molecule has 0 unspecified atom stereocenters. The van der Waals surface area contributed by atoms with E-state index in [-0.39, 0.29) is 11.9 Å². The molecule has 0 radical (unpaired) electrons. The van der Waals surface area contributed by atoms with Crippen LogP contribution in [0.4, 0.5) is 0 Å². The van der Waals surface area contributed by atoms with E-state index in [1.165, 1.54) is 16.5 Å². The molecule has 0 aliphatic rings. The second-order valence-corrected chi connectivity index (χ2v) is 6.35. The van der Waals surface area contributed by atoms with E-state index in [2.05, 4.69) is 58.8 Å². The van der Waals surface area contributed by atoms with Gasteiger partial charge in [0.1, 0.15) is 0 Å². The van der Waals surface area contributed by atoms with E-state index in [1.807, 2.05) is 27.0 Å². The van der Waals surface area contributed by atoms with Crippen LogP contribution in [0.15, 0.2) is 60.8 Å². The van der Waals surface area contributed by atoms with Crippen molar-refractivity contribution in [1.82, 2.24) is 10.3 Å². The Morgan fingerprint density at radius 1 is 1.04 bits per heavy atom. The minimum Gasteiger partial charge on any atom is -0.361 e. The number of allylic oxidation sites excluding steroid dienone is 1. The Morgan fingerprint density at radius 2 is 1.75 bits per heavy atom. The molecule has 0 fully saturated rings. The fourth-order valence-electron chi connectivity index (χ4n) is 2.76. The van der Waals surface area contributed by atoms with E-state index in [1.54, 1.807) is 6.08 Å². The average Bonchev–Trinajstić information content (AvgIpc) is 3.01. The lowest BCUT2D eigenvalue weighted by atomic mass is 10.00. The third-order valence-electron chi connectivity index (χ3n) is 4.01. The second-order valence-electron chi connectivity index (χ2n) is 6.35. The summed E-state index contributed by atoms with van der Waals surface area (Å²) >= 11 is 0. The number of nitrogens with one attached hydrogen (secondary N) is 2. The topological polar surface area (TPSA) is 44.9 Å². The van der Waals surface area contributed by atoms with Gasteiger partial charge in [-0.3, -0.25) is 4.79 Å². The number of fused-ring (bicyclic) bond motifs is 1. The van der Waals surface area contributed by atoms with Crippen molar-refractivity contribution in [3.63, 3.8) is 0 Å². The predicted octanol–water partition coefficient (Wildman–Crippen LogP) is 4.76. The molecule has 0 spiro atoms. The van der Waals surface area contributed by atoms with E-state index in [0.717, 1.165) is 16.7 Å². The molecule has 3 rings (SSSR count). The molecule has 3 aromatic rings. The SMILES string of the molecule is CC(=CC(=O)NC(C)C)c1ccc(-c2ccc3[nH]ccc3c2)cc1. The Bertz CT molecular complexity index is 886. The fourth-order valence-corrected chi connectivity index (χ4v) is 2.76. The summed E-state index contributed by atoms with van der Waals surface area (Å²) in [6, 6.07) is 16.9. The minimum absolute atomic E-state index is 0.0514. The van der Waals surface area contributed by atoms with E-state index in [4.69, 9.17) is 0 Å². The molecule has 122 valence electrons. The number of carbonyl (C=O) groups is 1. The number of hydrogen-bond acceptors (Lipinski definition) is 1. The first-order valence-electron chi connectivity index (χ1n) is 8.19. The maximum absolute atomic E-state index is 11.8. The second kappa shape index (κ2) is 6.75. The van der Waals surface area contributed by atoms with Crippen LogP contribution in [0.5, 0.6) is 0 Å². The Labute approximate surface area is 142 Å². The summed E-state index contributed by atoms with van der Waals surface area (Å²) in [6.45, 7) is 5.87. The van der Waals surface area contributed by atoms with Crippen molar-refractivity contribution in [2.45, 2.75) is 26.8 Å². The number of amides is 1. The Kier molecular flexibility index (Phi) is 4.52. The smallest absolute Gasteiger partial charge is 0.244 e. The molecular weight excluding hydrogens is 296 g/mol. The first-order valence-corrected chi connectivity index (χ1v) is 8.19. The molecule has 1 aromatic heterocycles. The number of hydrogen-bond donors (Lipinski definition) is 2. The Morgan fingerprint density at radius 3 is 2.46 bits per heavy atom. The summed E-state index contributed by atoms with van der Waals surface area (Å²) in [5.74, 6) is -0.0514. The summed E-state index contributed by atoms with van der Waals surface area (Å²) in [5, 5.41) is 4.08. The molecule has 24 heavy (non-hydrogen) atoms. The third kappa shape index (κ3) is 3.57. The van der Waals surface area contributed by atoms with Gasteiger partial charge in [-0.2, -0.15) is 0 Å². The van der Waals surface area contributed by atoms with Crippen molar-refractivity contribution >= 4 is 22.4 Å². The average molecular weight is 318 g/mol. The maximum atomic E-state index is 11.8. The third-order valence-corrected chi connectivity index (χ3v) is 4.01. The first kappa shape index (κ1) is 16.1. The van der Waals surface area contributed by atoms with Crippen molar-refractivity contribution < 1.29 is 4.79 Å². The van der Waals surface area contributed by atoms with Crippen LogP contribution in [0.2, 0.25) is 0 Å². The van der Waals surface area contributed by atoms with Crippen molar-refractivity contribution in [2.24, 2.45) is 0 Å². The monoisotopic (exact) mass is 318 g/mol. The van der Waals surface area contributed by atoms with Gasteiger partial charge in [0.25, 0.3) is 0 Å². The Hall–Kier alpha value is -2.81. The van der Waals surface area contributed by atoms with Crippen LogP contribution >= 0.6 is 0 Å². The maximum Gasteiger partial charge on any atom is 0.244 e. The number of carbonyl (C=O) groups excluding carboxylic acids is 1. The lowest BCUT2D eigenvalue weighted by molar-refractivity contribution is -0.116. The van der Waals surface area contributed by atoms with Crippen LogP contribution in [0.25, 0.3) is 27.6 Å². The number of H-pyrrole nitrogens is 1. The van der Waals surface area contributed by atoms with Gasteiger partial charge in [0.15, 0.2) is 0 Å². The largest absolute Gasteiger partial charge is 0.361 e. The fraction of sp³-hybridized carbons (Fsp3) is 0.190. The first-order chi connectivity index (χ1) is 11.5. The van der Waals surface area contributed by atoms with Gasteiger partial charge in [-0.05, 0) is 66.6 Å². The zero-order valence-corrected chi connectivity index (χ0v) is 14.3. The van der Waals surface area contributed by atoms with Gasteiger partial charge in [0.2, 0.25) is 5.91 Å². The van der Waals surface area contributed by atoms with Crippen molar-refractivity contribution in [2.75, 3.05) is 0 Å². The van der Waals surface area contributed by atoms with Crippen LogP contribution in [-0.4, -0.2) is 16.9 Å². The summed E-state index contributed by atoms with van der Waals surface area (Å²) in [7, 11) is 0. The summed E-state index contributed by atoms with van der Waals surface area (Å²) in [4.78, 5) is 15.0. The number of aromatic amines is 1. The molecule has 0 bridgehead atoms. The van der Waals surface area contributed by atoms with Gasteiger partial charge >= 0.3 is 0 Å². The highest BCUT2D eigenvalue weighted by atomic mass is 16.1. The summed E-state index contributed by atoms with van der Waals surface area (Å²) < 4.78 is 0. The molecule has 1 amide bonds. The van der Waals surface area contributed by atoms with E-state index in [0.29, 0.717) is 0 Å². The zero-order valence-electron chi connectivity index (χ0n) is 14.3. The predicted molar refractivity (Wildman–Crippen MR) is 101 cm³/mol. The van der Waals surface area contributed by atoms with Crippen molar-refractivity contribution in [3.8, 4) is 11.1 Å². The molecule has 0 saturated heterocycles. The quantitative estimate of drug-likeness (QED) is 0.669. The van der Waals surface area contributed by atoms with Crippen molar-refractivity contribution in [1.29, 1.82) is 0 Å². The standard InChI is InChI=1S/C21H22N2O/c1-14(2)23-21(24)12-15(3)16-4-6-17(7-5-16)18-8-9-20-19(13-18)10-11-22-20/h4-14,22H,1-3H3,(H,23,24). The van der Waals surface area contributed by atoms with Crippen LogP contribution in [0, 0.1) is 0 Å². The highest BCUT2D eigenvalue weighted by molar-refractivity contribution is 5.95. The van der Waals surface area contributed by atoms with Gasteiger partial charge in [-0.15, -0.1) is 0 Å². The molecule has 0 aliphatic heterocycles. The number of aromatic nitrogens is 1. The highest BCUT2D eigenvalue weighted by Gasteiger charge is 2.04. The Balaban J connectivity index is 1.82. The molecule has 0 aliphatic carbocycles. The van der Waals surface area contributed by atoms with E-state index in [9.17, 15) is 4.79 Å². The lowest BCUT2D eigenvalue weighted by Crippen LogP contribution is -2.28. The van der Waals surface area contributed by atoms with E-state index >= 15 is 0 Å². The van der Waals surface area contributed by atoms with Crippen LogP contribution in [-0.2, 0) is 4.79 Å². The van der Waals surface area contributed by atoms with Gasteiger partial charge < -0.3 is 10.3 Å². The lowest BCUT2D eigenvalue weighted by Gasteiger charge is -2.08. The highest BCUT2D eigenvalue weighted by Crippen LogP contribution is 2.25. The normalized spacial score (nSPS) is 11.9. The van der Waals surface area contributed by atoms with Crippen LogP contribution in [0.1, 0.15) is 26.3 Å². The van der Waals surface area contributed by atoms with E-state index < -0.39 is 0 Å². The minimum atomic E-state index is -0.0514. The van der Waals surface area contributed by atoms with Gasteiger partial charge in [0, 0.05) is 23.8 Å². The molecule has 0 saturated carbocycles. The van der Waals surface area contributed by atoms with Crippen molar-refractivity contribution in [3.05, 3.63) is 66.4 Å². The number of benzene rings is 2. The van der Waals surface area contributed by atoms with Gasteiger partial charge in [-0.1, -0.05) is 30.3 Å². The number of rotatable bonds is 4. The summed E-state index contributed by atoms with van der Waals surface area (Å²) in [5.41, 5.74) is 5.51. The van der Waals surface area contributed by atoms with Crippen LogP contribution in [0.3, 0.4) is 0 Å². The van der Waals surface area contributed by atoms with Gasteiger partial charge in [-0.25, -0.2) is 0 Å². The molecule has 0 atom stereocenters. The molecule has 1 heterocycles. The zero-order chi connectivity index (χ0) is 17.1. The molecular formula is C21H22N2O. The molecule has 2 aromatic carbocycles. The molecule has 3 heteroatoms. The summed E-state index contributed by atoms with van der Waals surface area (Å²) in [6.07, 6.45) is 3.61. The molecule has 2 N–H and O–H groups in total. The van der Waals surface area contributed by atoms with Crippen LogP contribution < -0.4 is 5.32 Å². The van der Waals surface area contributed by atoms with Gasteiger partial charge in [0.05, 0.1) is 0 Å².